The van der Waals surface area contributed by atoms with Crippen molar-refractivity contribution in [2.24, 2.45) is 0 Å². The fraction of sp³-hybridized carbons (Fsp3) is 0.292. The van der Waals surface area contributed by atoms with Gasteiger partial charge in [-0.2, -0.15) is 10.5 Å². The Morgan fingerprint density at radius 3 is 1.65 bits per heavy atom. The Balaban J connectivity index is 0.000000181. The fourth-order valence-electron chi connectivity index (χ4n) is 8.19. The average molecular weight is 974 g/mol. The molecule has 1 fully saturated rings. The topological polar surface area (TPSA) is 130 Å². The zero-order chi connectivity index (χ0) is 46.3. The summed E-state index contributed by atoms with van der Waals surface area (Å²) in [6, 6.07) is 20.9. The Morgan fingerprint density at radius 2 is 1.20 bits per heavy atom. The second kappa shape index (κ2) is 18.3. The monoisotopic (exact) mass is 972 g/mol. The summed E-state index contributed by atoms with van der Waals surface area (Å²) in [7, 11) is 3.89. The molecule has 0 spiro atoms. The quantitative estimate of drug-likeness (QED) is 0.149. The number of nitrogens with zero attached hydrogens (tertiary/aromatic N) is 11. The molecule has 1 aliphatic rings. The number of pyridine rings is 2. The van der Waals surface area contributed by atoms with E-state index in [9.17, 15) is 19.3 Å². The number of fused-ring (bicyclic) bond motifs is 2. The van der Waals surface area contributed by atoms with Gasteiger partial charge in [-0.05, 0) is 128 Å². The van der Waals surface area contributed by atoms with Crippen LogP contribution in [0.2, 0.25) is 0 Å². The van der Waals surface area contributed by atoms with E-state index in [2.05, 4.69) is 89.6 Å². The third-order valence-corrected chi connectivity index (χ3v) is 13.8. The second-order valence-corrected chi connectivity index (χ2v) is 19.4. The van der Waals surface area contributed by atoms with E-state index in [-0.39, 0.29) is 17.2 Å². The first-order chi connectivity index (χ1) is 31.1. The molecule has 332 valence electrons. The maximum absolute atomic E-state index is 13.5. The smallest absolute Gasteiger partial charge is 0.192 e. The molecule has 9 rings (SSSR count). The van der Waals surface area contributed by atoms with E-state index >= 15 is 0 Å². The van der Waals surface area contributed by atoms with Crippen LogP contribution < -0.4 is 20.0 Å². The number of benzene rings is 2. The van der Waals surface area contributed by atoms with Crippen LogP contribution in [0.25, 0.3) is 33.8 Å². The molecular formula is C48H47BrF2N12S2. The molecule has 0 unspecified atom stereocenters. The predicted molar refractivity (Wildman–Crippen MR) is 261 cm³/mol. The number of halogens is 3. The lowest BCUT2D eigenvalue weighted by Gasteiger charge is -2.40. The lowest BCUT2D eigenvalue weighted by Crippen LogP contribution is -2.57. The largest absolute Gasteiger partial charge is 0.367 e. The Morgan fingerprint density at radius 1 is 0.738 bits per heavy atom. The standard InChI is InChI=1S/C27H30FN7S.C21H17BrFN5S/c1-6-21-25(33(5)26-32-23(22(14-29)36-26)18-7-9-19(28)10-8-18)35-15-20(13-17(2)24(35)31-21)34-12-11-30-27(3,4)16-34;1-4-16-20(28-11-14(22)9-12(2)19(28)25-16)27(3)21-26-18(17(10-24)29-21)13-5-7-15(23)8-6-13/h7-10,13,15,30H,6,11-12,16H2,1-5H3;5-9,11H,4H2,1-3H3. The van der Waals surface area contributed by atoms with Gasteiger partial charge in [-0.3, -0.25) is 8.80 Å². The predicted octanol–water partition coefficient (Wildman–Crippen LogP) is 11.2. The zero-order valence-corrected chi connectivity index (χ0v) is 40.6. The third-order valence-electron chi connectivity index (χ3n) is 11.3. The van der Waals surface area contributed by atoms with Gasteiger partial charge in [-0.15, -0.1) is 0 Å². The summed E-state index contributed by atoms with van der Waals surface area (Å²) in [5.74, 6) is 1.22. The normalized spacial score (nSPS) is 13.4. The van der Waals surface area contributed by atoms with Gasteiger partial charge in [0.25, 0.3) is 0 Å². The Labute approximate surface area is 393 Å². The van der Waals surface area contributed by atoms with Gasteiger partial charge < -0.3 is 20.0 Å². The van der Waals surface area contributed by atoms with E-state index in [1.54, 1.807) is 24.3 Å². The van der Waals surface area contributed by atoms with Crippen LogP contribution >= 0.6 is 38.6 Å². The summed E-state index contributed by atoms with van der Waals surface area (Å²) in [6.07, 6.45) is 5.68. The number of aromatic nitrogens is 6. The molecule has 0 bridgehead atoms. The maximum atomic E-state index is 13.5. The van der Waals surface area contributed by atoms with Crippen LogP contribution in [0.4, 0.5) is 36.4 Å². The van der Waals surface area contributed by atoms with Crippen LogP contribution in [-0.4, -0.2) is 68.0 Å². The van der Waals surface area contributed by atoms with Crippen LogP contribution in [0, 0.1) is 48.1 Å². The molecule has 65 heavy (non-hydrogen) atoms. The minimum Gasteiger partial charge on any atom is -0.367 e. The SMILES string of the molecule is CCc1nc2c(C)cc(Br)cn2c1N(C)c1nc(-c2ccc(F)cc2)c(C#N)s1.CCc1nc2c(C)cc(N3CCNC(C)(C)C3)cn2c1N(C)c1nc(-c2ccc(F)cc2)c(C#N)s1. The van der Waals surface area contributed by atoms with E-state index < -0.39 is 0 Å². The number of nitriles is 2. The van der Waals surface area contributed by atoms with E-state index in [1.165, 1.54) is 46.9 Å². The molecule has 17 heteroatoms. The number of hydrogen-bond donors (Lipinski definition) is 1. The Hall–Kier alpha value is -6.24. The number of aryl methyl sites for hydroxylation is 4. The van der Waals surface area contributed by atoms with E-state index in [0.29, 0.717) is 37.0 Å². The Bertz CT molecular complexity index is 3140. The van der Waals surface area contributed by atoms with Gasteiger partial charge >= 0.3 is 0 Å². The van der Waals surface area contributed by atoms with E-state index in [4.69, 9.17) is 19.9 Å². The first-order valence-electron chi connectivity index (χ1n) is 21.1. The van der Waals surface area contributed by atoms with Gasteiger partial charge in [-0.1, -0.05) is 36.5 Å². The zero-order valence-electron chi connectivity index (χ0n) is 37.3. The molecule has 0 saturated carbocycles. The van der Waals surface area contributed by atoms with Crippen molar-refractivity contribution in [1.29, 1.82) is 10.5 Å². The second-order valence-electron chi connectivity index (χ2n) is 16.5. The number of imidazole rings is 2. The van der Waals surface area contributed by atoms with Crippen LogP contribution in [-0.2, 0) is 12.8 Å². The van der Waals surface area contributed by atoms with Crippen molar-refractivity contribution in [1.82, 2.24) is 34.1 Å². The van der Waals surface area contributed by atoms with Crippen molar-refractivity contribution in [3.63, 3.8) is 0 Å². The lowest BCUT2D eigenvalue weighted by atomic mass is 10.0. The summed E-state index contributed by atoms with van der Waals surface area (Å²) in [6.45, 7) is 15.5. The molecule has 0 aliphatic carbocycles. The summed E-state index contributed by atoms with van der Waals surface area (Å²) in [5, 5.41) is 24.3. The number of piperazine rings is 1. The van der Waals surface area contributed by atoms with Crippen molar-refractivity contribution >= 4 is 77.5 Å². The summed E-state index contributed by atoms with van der Waals surface area (Å²) < 4.78 is 31.9. The molecule has 2 aromatic carbocycles. The first-order valence-corrected chi connectivity index (χ1v) is 23.6. The highest BCUT2D eigenvalue weighted by molar-refractivity contribution is 9.10. The van der Waals surface area contributed by atoms with E-state index in [1.807, 2.05) is 47.5 Å². The highest BCUT2D eigenvalue weighted by atomic mass is 79.9. The summed E-state index contributed by atoms with van der Waals surface area (Å²) in [5.41, 5.74) is 9.66. The number of thiazole rings is 2. The molecular weight excluding hydrogens is 927 g/mol. The number of anilines is 5. The minimum atomic E-state index is -0.320. The van der Waals surface area contributed by atoms with Gasteiger partial charge in [-0.25, -0.2) is 28.7 Å². The highest BCUT2D eigenvalue weighted by Gasteiger charge is 2.28. The number of rotatable bonds is 9. The molecule has 0 atom stereocenters. The molecule has 7 heterocycles. The average Bonchev–Trinajstić information content (AvgIpc) is 4.09. The van der Waals surface area contributed by atoms with Gasteiger partial charge in [0.15, 0.2) is 10.3 Å². The third kappa shape index (κ3) is 8.94. The maximum Gasteiger partial charge on any atom is 0.192 e. The van der Waals surface area contributed by atoms with Crippen LogP contribution in [0.1, 0.15) is 60.0 Å². The van der Waals surface area contributed by atoms with Crippen LogP contribution in [0.5, 0.6) is 0 Å². The van der Waals surface area contributed by atoms with Crippen LogP contribution in [0.15, 0.2) is 77.5 Å². The van der Waals surface area contributed by atoms with Gasteiger partial charge in [0, 0.05) is 67.3 Å². The molecule has 12 nitrogen and oxygen atoms in total. The number of nitrogens with one attached hydrogen (secondary N) is 1. The summed E-state index contributed by atoms with van der Waals surface area (Å²) >= 11 is 6.20. The molecule has 1 N–H and O–H groups in total. The summed E-state index contributed by atoms with van der Waals surface area (Å²) in [4.78, 5) is 26.7. The molecule has 0 radical (unpaired) electrons. The Kier molecular flexibility index (Phi) is 12.8. The van der Waals surface area contributed by atoms with Gasteiger partial charge in [0.05, 0.1) is 17.1 Å². The minimum absolute atomic E-state index is 0.0373. The fourth-order valence-corrected chi connectivity index (χ4v) is 10.4. The molecule has 1 saturated heterocycles. The van der Waals surface area contributed by atoms with Gasteiger partial charge in [0.1, 0.15) is 67.8 Å². The molecule has 8 aromatic rings. The van der Waals surface area contributed by atoms with Crippen molar-refractivity contribution in [3.8, 4) is 34.7 Å². The van der Waals surface area contributed by atoms with Crippen LogP contribution in [0.3, 0.4) is 0 Å². The van der Waals surface area contributed by atoms with Crippen molar-refractivity contribution in [3.05, 3.63) is 121 Å². The molecule has 6 aromatic heterocycles. The highest BCUT2D eigenvalue weighted by Crippen LogP contribution is 2.40. The van der Waals surface area contributed by atoms with Crippen molar-refractivity contribution < 1.29 is 8.78 Å². The van der Waals surface area contributed by atoms with Crippen molar-refractivity contribution in [2.45, 2.75) is 59.9 Å². The van der Waals surface area contributed by atoms with E-state index in [0.717, 1.165) is 93.6 Å². The lowest BCUT2D eigenvalue weighted by molar-refractivity contribution is 0.353. The first kappa shape index (κ1) is 45.3. The molecule has 1 aliphatic heterocycles. The van der Waals surface area contributed by atoms with Gasteiger partial charge in [0.2, 0.25) is 0 Å². The number of hydrogen-bond acceptors (Lipinski definition) is 12. The molecule has 0 amide bonds. The van der Waals surface area contributed by atoms with Crippen molar-refractivity contribution in [2.75, 3.05) is 48.4 Å².